The number of methoxy groups -OCH3 is 1. The zero-order chi connectivity index (χ0) is 19.1. The van der Waals surface area contributed by atoms with Crippen molar-refractivity contribution in [2.75, 3.05) is 44.0 Å². The molecule has 0 radical (unpaired) electrons. The minimum absolute atomic E-state index is 0.119. The molecule has 5 nitrogen and oxygen atoms in total. The van der Waals surface area contributed by atoms with E-state index in [9.17, 15) is 4.79 Å². The van der Waals surface area contributed by atoms with Crippen LogP contribution in [0.15, 0.2) is 48.5 Å². The highest BCUT2D eigenvalue weighted by Crippen LogP contribution is 2.30. The largest absolute Gasteiger partial charge is 0.397 e. The molecule has 2 aromatic rings. The molecule has 0 bridgehead atoms. The number of ether oxygens (including phenoxy) is 1. The van der Waals surface area contributed by atoms with E-state index < -0.39 is 0 Å². The fourth-order valence-electron chi connectivity index (χ4n) is 3.68. The Labute approximate surface area is 161 Å². The first-order valence-electron chi connectivity index (χ1n) is 9.63. The Morgan fingerprint density at radius 1 is 1.19 bits per heavy atom. The lowest BCUT2D eigenvalue weighted by atomic mass is 9.90. The number of amides is 1. The van der Waals surface area contributed by atoms with Gasteiger partial charge in [-0.2, -0.15) is 0 Å². The van der Waals surface area contributed by atoms with Gasteiger partial charge in [0.05, 0.1) is 18.0 Å². The average molecular weight is 367 g/mol. The summed E-state index contributed by atoms with van der Waals surface area (Å²) in [6.45, 7) is 2.99. The first-order valence-corrected chi connectivity index (χ1v) is 9.63. The minimum atomic E-state index is -0.119. The second kappa shape index (κ2) is 9.42. The highest BCUT2D eigenvalue weighted by atomic mass is 16.5. The van der Waals surface area contributed by atoms with Gasteiger partial charge in [-0.05, 0) is 48.9 Å². The zero-order valence-electron chi connectivity index (χ0n) is 16.0. The highest BCUT2D eigenvalue weighted by molar-refractivity contribution is 5.96. The molecule has 0 aliphatic carbocycles. The molecule has 3 rings (SSSR count). The fourth-order valence-corrected chi connectivity index (χ4v) is 3.68. The number of nitrogens with zero attached hydrogens (tertiary/aromatic N) is 1. The fraction of sp³-hybridized carbons (Fsp3) is 0.409. The molecule has 1 aliphatic rings. The van der Waals surface area contributed by atoms with E-state index in [0.29, 0.717) is 24.4 Å². The van der Waals surface area contributed by atoms with Gasteiger partial charge >= 0.3 is 0 Å². The van der Waals surface area contributed by atoms with E-state index in [1.807, 2.05) is 12.1 Å². The van der Waals surface area contributed by atoms with Crippen LogP contribution in [0.5, 0.6) is 0 Å². The van der Waals surface area contributed by atoms with Gasteiger partial charge in [-0.25, -0.2) is 0 Å². The van der Waals surface area contributed by atoms with Crippen molar-refractivity contribution in [3.63, 3.8) is 0 Å². The summed E-state index contributed by atoms with van der Waals surface area (Å²) in [5.41, 5.74) is 9.95. The van der Waals surface area contributed by atoms with Crippen molar-refractivity contribution < 1.29 is 9.53 Å². The Balaban J connectivity index is 1.55. The normalized spacial score (nSPS) is 14.9. The van der Waals surface area contributed by atoms with Gasteiger partial charge in [0, 0.05) is 32.3 Å². The summed E-state index contributed by atoms with van der Waals surface area (Å²) in [5.74, 6) is 0.600. The molecule has 1 fully saturated rings. The van der Waals surface area contributed by atoms with Crippen LogP contribution >= 0.6 is 0 Å². The van der Waals surface area contributed by atoms with Crippen molar-refractivity contribution in [3.8, 4) is 0 Å². The third-order valence-corrected chi connectivity index (χ3v) is 5.20. The summed E-state index contributed by atoms with van der Waals surface area (Å²) >= 11 is 0. The number of anilines is 2. The van der Waals surface area contributed by atoms with Gasteiger partial charge in [-0.1, -0.05) is 30.3 Å². The third-order valence-electron chi connectivity index (χ3n) is 5.20. The second-order valence-electron chi connectivity index (χ2n) is 7.14. The lowest BCUT2D eigenvalue weighted by Gasteiger charge is -2.34. The van der Waals surface area contributed by atoms with Gasteiger partial charge in [0.25, 0.3) is 5.91 Å². The van der Waals surface area contributed by atoms with Crippen LogP contribution in [0.4, 0.5) is 11.4 Å². The molecule has 5 heteroatoms. The molecular formula is C22H29N3O2. The molecule has 3 N–H and O–H groups in total. The van der Waals surface area contributed by atoms with Crippen molar-refractivity contribution in [3.05, 3.63) is 59.7 Å². The first-order chi connectivity index (χ1) is 13.2. The van der Waals surface area contributed by atoms with Crippen molar-refractivity contribution in [1.82, 2.24) is 5.32 Å². The van der Waals surface area contributed by atoms with E-state index in [0.717, 1.165) is 44.0 Å². The van der Waals surface area contributed by atoms with Crippen LogP contribution in [0.3, 0.4) is 0 Å². The molecule has 0 atom stereocenters. The third kappa shape index (κ3) is 5.23. The predicted molar refractivity (Wildman–Crippen MR) is 110 cm³/mol. The van der Waals surface area contributed by atoms with Gasteiger partial charge in [0.1, 0.15) is 0 Å². The number of nitrogens with one attached hydrogen (secondary N) is 1. The second-order valence-corrected chi connectivity index (χ2v) is 7.14. The standard InChI is InChI=1S/C22H29N3O2/c1-27-14-11-24-22(26)19-7-8-21(20(23)16-19)25-12-9-18(10-13-25)15-17-5-3-2-4-6-17/h2-8,16,18H,9-15,23H2,1H3,(H,24,26). The van der Waals surface area contributed by atoms with Crippen LogP contribution in [0.25, 0.3) is 0 Å². The van der Waals surface area contributed by atoms with E-state index in [1.165, 1.54) is 5.56 Å². The summed E-state index contributed by atoms with van der Waals surface area (Å²) in [7, 11) is 1.61. The lowest BCUT2D eigenvalue weighted by molar-refractivity contribution is 0.0937. The van der Waals surface area contributed by atoms with Crippen molar-refractivity contribution >= 4 is 17.3 Å². The van der Waals surface area contributed by atoms with Crippen LogP contribution in [-0.2, 0) is 11.2 Å². The number of hydrogen-bond acceptors (Lipinski definition) is 4. The number of piperidine rings is 1. The average Bonchev–Trinajstić information content (AvgIpc) is 2.69. The molecule has 0 spiro atoms. The van der Waals surface area contributed by atoms with Crippen LogP contribution in [0.1, 0.15) is 28.8 Å². The molecule has 1 aliphatic heterocycles. The molecular weight excluding hydrogens is 338 g/mol. The van der Waals surface area contributed by atoms with E-state index in [2.05, 4.69) is 40.5 Å². The predicted octanol–water partition coefficient (Wildman–Crippen LogP) is 3.10. The van der Waals surface area contributed by atoms with E-state index in [4.69, 9.17) is 10.5 Å². The topological polar surface area (TPSA) is 67.6 Å². The molecule has 1 saturated heterocycles. The van der Waals surface area contributed by atoms with Crippen molar-refractivity contribution in [1.29, 1.82) is 0 Å². The van der Waals surface area contributed by atoms with Gasteiger partial charge in [-0.3, -0.25) is 4.79 Å². The monoisotopic (exact) mass is 367 g/mol. The van der Waals surface area contributed by atoms with Gasteiger partial charge in [0.2, 0.25) is 0 Å². The number of carbonyl (C=O) groups excluding carboxylic acids is 1. The maximum Gasteiger partial charge on any atom is 0.251 e. The summed E-state index contributed by atoms with van der Waals surface area (Å²) in [4.78, 5) is 14.5. The van der Waals surface area contributed by atoms with Crippen molar-refractivity contribution in [2.24, 2.45) is 5.92 Å². The molecule has 1 heterocycles. The number of rotatable bonds is 7. The highest BCUT2D eigenvalue weighted by Gasteiger charge is 2.21. The Morgan fingerprint density at radius 2 is 1.93 bits per heavy atom. The maximum absolute atomic E-state index is 12.1. The Morgan fingerprint density at radius 3 is 2.59 bits per heavy atom. The molecule has 0 unspecified atom stereocenters. The Bertz CT molecular complexity index is 740. The number of nitrogen functional groups attached to an aromatic ring is 1. The summed E-state index contributed by atoms with van der Waals surface area (Å²) in [6.07, 6.45) is 3.46. The maximum atomic E-state index is 12.1. The van der Waals surface area contributed by atoms with Crippen LogP contribution < -0.4 is 16.0 Å². The van der Waals surface area contributed by atoms with Gasteiger partial charge in [-0.15, -0.1) is 0 Å². The molecule has 0 saturated carbocycles. The smallest absolute Gasteiger partial charge is 0.251 e. The molecule has 27 heavy (non-hydrogen) atoms. The number of benzene rings is 2. The number of carbonyl (C=O) groups is 1. The molecule has 2 aromatic carbocycles. The Kier molecular flexibility index (Phi) is 6.71. The van der Waals surface area contributed by atoms with Gasteiger partial charge < -0.3 is 20.7 Å². The van der Waals surface area contributed by atoms with Crippen LogP contribution in [0, 0.1) is 5.92 Å². The molecule has 144 valence electrons. The van der Waals surface area contributed by atoms with Crippen LogP contribution in [0.2, 0.25) is 0 Å². The SMILES string of the molecule is COCCNC(=O)c1ccc(N2CCC(Cc3ccccc3)CC2)c(N)c1. The summed E-state index contributed by atoms with van der Waals surface area (Å²) < 4.78 is 4.95. The van der Waals surface area contributed by atoms with E-state index in [1.54, 1.807) is 13.2 Å². The number of nitrogens with two attached hydrogens (primary N) is 1. The summed E-state index contributed by atoms with van der Waals surface area (Å²) in [5, 5.41) is 2.82. The van der Waals surface area contributed by atoms with E-state index >= 15 is 0 Å². The number of hydrogen-bond donors (Lipinski definition) is 2. The van der Waals surface area contributed by atoms with Crippen LogP contribution in [-0.4, -0.2) is 39.3 Å². The first kappa shape index (κ1) is 19.2. The van der Waals surface area contributed by atoms with Gasteiger partial charge in [0.15, 0.2) is 0 Å². The zero-order valence-corrected chi connectivity index (χ0v) is 16.0. The quantitative estimate of drug-likeness (QED) is 0.583. The van der Waals surface area contributed by atoms with E-state index in [-0.39, 0.29) is 5.91 Å². The minimum Gasteiger partial charge on any atom is -0.397 e. The molecule has 1 amide bonds. The lowest BCUT2D eigenvalue weighted by Crippen LogP contribution is -2.35. The van der Waals surface area contributed by atoms with Crippen molar-refractivity contribution in [2.45, 2.75) is 19.3 Å². The Hall–Kier alpha value is -2.53. The molecule has 0 aromatic heterocycles. The summed E-state index contributed by atoms with van der Waals surface area (Å²) in [6, 6.07) is 16.3.